The molecule has 2 aromatic heterocycles. The Morgan fingerprint density at radius 1 is 1.33 bits per heavy atom. The molecule has 1 aromatic carbocycles. The Bertz CT molecular complexity index is 865. The SMILES string of the molecule is CC(c1ccccn1)n1c(=O)[nH]c2cc(C(=O)O)ccc21. The summed E-state index contributed by atoms with van der Waals surface area (Å²) in [7, 11) is 0. The van der Waals surface area contributed by atoms with Crippen molar-refractivity contribution in [3.05, 3.63) is 64.3 Å². The van der Waals surface area contributed by atoms with Crippen LogP contribution in [0.25, 0.3) is 11.0 Å². The van der Waals surface area contributed by atoms with Gasteiger partial charge in [0.15, 0.2) is 0 Å². The number of fused-ring (bicyclic) bond motifs is 1. The first-order chi connectivity index (χ1) is 10.1. The average molecular weight is 283 g/mol. The van der Waals surface area contributed by atoms with E-state index in [1.54, 1.807) is 16.8 Å². The molecule has 3 rings (SSSR count). The van der Waals surface area contributed by atoms with Crippen LogP contribution >= 0.6 is 0 Å². The molecular formula is C15H13N3O3. The number of nitrogens with zero attached hydrogens (tertiary/aromatic N) is 2. The monoisotopic (exact) mass is 283 g/mol. The maximum absolute atomic E-state index is 12.2. The number of pyridine rings is 1. The fourth-order valence-electron chi connectivity index (χ4n) is 2.40. The van der Waals surface area contributed by atoms with Crippen LogP contribution in [0.1, 0.15) is 29.0 Å². The van der Waals surface area contributed by atoms with Crippen molar-refractivity contribution in [2.75, 3.05) is 0 Å². The summed E-state index contributed by atoms with van der Waals surface area (Å²) in [5.74, 6) is -1.02. The number of benzene rings is 1. The number of aromatic carboxylic acids is 1. The number of rotatable bonds is 3. The number of hydrogen-bond donors (Lipinski definition) is 2. The van der Waals surface area contributed by atoms with Crippen LogP contribution in [-0.2, 0) is 0 Å². The number of H-pyrrole nitrogens is 1. The van der Waals surface area contributed by atoms with Crippen molar-refractivity contribution in [1.29, 1.82) is 0 Å². The molecule has 0 bridgehead atoms. The molecule has 0 radical (unpaired) electrons. The molecule has 2 N–H and O–H groups in total. The van der Waals surface area contributed by atoms with Gasteiger partial charge in [-0.2, -0.15) is 0 Å². The zero-order valence-corrected chi connectivity index (χ0v) is 11.3. The number of imidazole rings is 1. The second-order valence-electron chi connectivity index (χ2n) is 4.77. The molecule has 2 heterocycles. The van der Waals surface area contributed by atoms with Gasteiger partial charge in [0.2, 0.25) is 0 Å². The van der Waals surface area contributed by atoms with Gasteiger partial charge < -0.3 is 10.1 Å². The minimum absolute atomic E-state index is 0.140. The van der Waals surface area contributed by atoms with Crippen molar-refractivity contribution in [3.8, 4) is 0 Å². The lowest BCUT2D eigenvalue weighted by Crippen LogP contribution is -2.21. The lowest BCUT2D eigenvalue weighted by molar-refractivity contribution is 0.0697. The Kier molecular flexibility index (Phi) is 3.06. The fraction of sp³-hybridized carbons (Fsp3) is 0.133. The quantitative estimate of drug-likeness (QED) is 0.769. The zero-order chi connectivity index (χ0) is 15.0. The Labute approximate surface area is 119 Å². The molecule has 1 unspecified atom stereocenters. The molecule has 0 amide bonds. The van der Waals surface area contributed by atoms with Crippen LogP contribution in [0.2, 0.25) is 0 Å². The summed E-state index contributed by atoms with van der Waals surface area (Å²) in [4.78, 5) is 30.1. The molecule has 6 heteroatoms. The summed E-state index contributed by atoms with van der Waals surface area (Å²) in [6.45, 7) is 1.88. The van der Waals surface area contributed by atoms with Crippen LogP contribution in [-0.4, -0.2) is 25.6 Å². The minimum atomic E-state index is -1.02. The van der Waals surface area contributed by atoms with E-state index in [2.05, 4.69) is 9.97 Å². The maximum Gasteiger partial charge on any atom is 0.335 e. The van der Waals surface area contributed by atoms with Crippen LogP contribution < -0.4 is 5.69 Å². The molecule has 0 saturated heterocycles. The van der Waals surface area contributed by atoms with Gasteiger partial charge in [-0.05, 0) is 37.3 Å². The number of hydrogen-bond acceptors (Lipinski definition) is 3. The van der Waals surface area contributed by atoms with Crippen LogP contribution in [0.15, 0.2) is 47.4 Å². The second-order valence-corrected chi connectivity index (χ2v) is 4.77. The molecule has 0 aliphatic rings. The molecule has 6 nitrogen and oxygen atoms in total. The number of carboxylic acids is 1. The van der Waals surface area contributed by atoms with Gasteiger partial charge in [-0.25, -0.2) is 9.59 Å². The molecule has 0 aliphatic heterocycles. The summed E-state index contributed by atoms with van der Waals surface area (Å²) in [6, 6.07) is 9.86. The van der Waals surface area contributed by atoms with E-state index in [9.17, 15) is 9.59 Å². The first-order valence-electron chi connectivity index (χ1n) is 6.46. The molecule has 3 aromatic rings. The zero-order valence-electron chi connectivity index (χ0n) is 11.3. The standard InChI is InChI=1S/C15H13N3O3/c1-9(11-4-2-3-7-16-11)18-13-6-5-10(14(19)20)8-12(13)17-15(18)21/h2-9H,1H3,(H,17,21)(H,19,20). The van der Waals surface area contributed by atoms with Gasteiger partial charge in [-0.3, -0.25) is 9.55 Å². The van der Waals surface area contributed by atoms with E-state index >= 15 is 0 Å². The Hall–Kier alpha value is -2.89. The van der Waals surface area contributed by atoms with E-state index in [0.29, 0.717) is 11.0 Å². The van der Waals surface area contributed by atoms with Crippen LogP contribution in [0.5, 0.6) is 0 Å². The third kappa shape index (κ3) is 2.20. The summed E-state index contributed by atoms with van der Waals surface area (Å²) in [5.41, 5.74) is 1.78. The summed E-state index contributed by atoms with van der Waals surface area (Å²) in [6.07, 6.45) is 1.67. The third-order valence-corrected chi connectivity index (χ3v) is 3.47. The molecule has 1 atom stereocenters. The summed E-state index contributed by atoms with van der Waals surface area (Å²) < 4.78 is 1.57. The highest BCUT2D eigenvalue weighted by Crippen LogP contribution is 2.20. The lowest BCUT2D eigenvalue weighted by atomic mass is 10.1. The van der Waals surface area contributed by atoms with E-state index in [1.807, 2.05) is 25.1 Å². The smallest absolute Gasteiger partial charge is 0.335 e. The molecule has 0 saturated carbocycles. The Balaban J connectivity index is 2.17. The van der Waals surface area contributed by atoms with Gasteiger partial charge in [0.1, 0.15) is 0 Å². The molecule has 0 spiro atoms. The fourth-order valence-corrected chi connectivity index (χ4v) is 2.40. The summed E-state index contributed by atoms with van der Waals surface area (Å²) >= 11 is 0. The molecule has 106 valence electrons. The Morgan fingerprint density at radius 3 is 2.81 bits per heavy atom. The van der Waals surface area contributed by atoms with Gasteiger partial charge in [0.25, 0.3) is 0 Å². The normalized spacial score (nSPS) is 12.4. The topological polar surface area (TPSA) is 88.0 Å². The largest absolute Gasteiger partial charge is 0.478 e. The van der Waals surface area contributed by atoms with Gasteiger partial charge in [0, 0.05) is 6.20 Å². The highest BCUT2D eigenvalue weighted by atomic mass is 16.4. The number of carbonyl (C=O) groups is 1. The maximum atomic E-state index is 12.2. The minimum Gasteiger partial charge on any atom is -0.478 e. The predicted molar refractivity (Wildman–Crippen MR) is 77.6 cm³/mol. The van der Waals surface area contributed by atoms with Gasteiger partial charge in [-0.15, -0.1) is 0 Å². The molecule has 0 aliphatic carbocycles. The number of nitrogens with one attached hydrogen (secondary N) is 1. The number of aromatic amines is 1. The van der Waals surface area contributed by atoms with Crippen molar-refractivity contribution >= 4 is 17.0 Å². The first kappa shape index (κ1) is 13.1. The van der Waals surface area contributed by atoms with Crippen molar-refractivity contribution in [2.45, 2.75) is 13.0 Å². The van der Waals surface area contributed by atoms with Crippen molar-refractivity contribution in [2.24, 2.45) is 0 Å². The van der Waals surface area contributed by atoms with E-state index < -0.39 is 5.97 Å². The molecular weight excluding hydrogens is 270 g/mol. The third-order valence-electron chi connectivity index (χ3n) is 3.47. The van der Waals surface area contributed by atoms with Gasteiger partial charge in [0.05, 0.1) is 28.3 Å². The molecule has 0 fully saturated rings. The highest BCUT2D eigenvalue weighted by molar-refractivity contribution is 5.92. The van der Waals surface area contributed by atoms with E-state index in [-0.39, 0.29) is 17.3 Å². The van der Waals surface area contributed by atoms with Gasteiger partial charge >= 0.3 is 11.7 Å². The van der Waals surface area contributed by atoms with Crippen LogP contribution in [0, 0.1) is 0 Å². The van der Waals surface area contributed by atoms with Crippen molar-refractivity contribution in [1.82, 2.24) is 14.5 Å². The van der Waals surface area contributed by atoms with Crippen LogP contribution in [0.3, 0.4) is 0 Å². The first-order valence-corrected chi connectivity index (χ1v) is 6.46. The lowest BCUT2D eigenvalue weighted by Gasteiger charge is -2.12. The number of aromatic nitrogens is 3. The van der Waals surface area contributed by atoms with Crippen molar-refractivity contribution in [3.63, 3.8) is 0 Å². The highest BCUT2D eigenvalue weighted by Gasteiger charge is 2.16. The van der Waals surface area contributed by atoms with E-state index in [0.717, 1.165) is 5.69 Å². The molecule has 21 heavy (non-hydrogen) atoms. The van der Waals surface area contributed by atoms with Crippen molar-refractivity contribution < 1.29 is 9.90 Å². The summed E-state index contributed by atoms with van der Waals surface area (Å²) in [5, 5.41) is 9.00. The van der Waals surface area contributed by atoms with E-state index in [1.165, 1.54) is 12.1 Å². The number of carboxylic acid groups (broad SMARTS) is 1. The van der Waals surface area contributed by atoms with Gasteiger partial charge in [-0.1, -0.05) is 6.07 Å². The second kappa shape index (κ2) is 4.90. The average Bonchev–Trinajstić information content (AvgIpc) is 2.82. The predicted octanol–water partition coefficient (Wildman–Crippen LogP) is 2.03. The van der Waals surface area contributed by atoms with Crippen LogP contribution in [0.4, 0.5) is 0 Å². The van der Waals surface area contributed by atoms with E-state index in [4.69, 9.17) is 5.11 Å². The Morgan fingerprint density at radius 2 is 2.14 bits per heavy atom.